The van der Waals surface area contributed by atoms with E-state index in [1.807, 2.05) is 16.7 Å². The minimum Gasteiger partial charge on any atom is -1.00 e. The summed E-state index contributed by atoms with van der Waals surface area (Å²) in [6, 6.07) is 4.84. The zero-order chi connectivity index (χ0) is 16.7. The Morgan fingerprint density at radius 3 is 2.20 bits per heavy atom. The summed E-state index contributed by atoms with van der Waals surface area (Å²) < 4.78 is 17.2. The van der Waals surface area contributed by atoms with Gasteiger partial charge in [-0.2, -0.15) is 8.96 Å². The third-order valence-electron chi connectivity index (χ3n) is 3.17. The molecule has 0 radical (unpaired) electrons. The van der Waals surface area contributed by atoms with Crippen LogP contribution in [0.15, 0.2) is 60.3 Å². The van der Waals surface area contributed by atoms with Crippen LogP contribution in [0.5, 0.6) is 0 Å². The largest absolute Gasteiger partial charge is 1.00 e. The van der Waals surface area contributed by atoms with Gasteiger partial charge in [0.15, 0.2) is 37.5 Å². The molecule has 0 saturated carbocycles. The van der Waals surface area contributed by atoms with Crippen molar-refractivity contribution in [3.05, 3.63) is 72.1 Å². The topological polar surface area (TPSA) is 83.4 Å². The number of nitrogens with two attached hydrogens (primary N) is 1. The van der Waals surface area contributed by atoms with Gasteiger partial charge in [0.2, 0.25) is 12.1 Å². The van der Waals surface area contributed by atoms with E-state index in [4.69, 9.17) is 10.9 Å². The number of carbonyl (C=O) groups excluding carboxylic acids is 1. The van der Waals surface area contributed by atoms with Crippen molar-refractivity contribution in [2.75, 3.05) is 0 Å². The van der Waals surface area contributed by atoms with E-state index in [1.54, 1.807) is 35.3 Å². The molecule has 25 heavy (non-hydrogen) atoms. The molecular formula is C16H17Br2FN4O2. The van der Waals surface area contributed by atoms with Gasteiger partial charge in [0, 0.05) is 23.8 Å². The molecule has 0 atom stereocenters. The van der Waals surface area contributed by atoms with Crippen molar-refractivity contribution < 1.29 is 57.5 Å². The SMILES string of the molecule is NC(=O)c1cc[n+](C/C=C/C[n+]2ccc(/C=N/O)c(F)c2)cc1.[Br-].[Br-]. The first-order chi connectivity index (χ1) is 11.1. The van der Waals surface area contributed by atoms with Crippen LogP contribution in [0.25, 0.3) is 0 Å². The number of allylic oxidation sites excluding steroid dienone is 2. The summed E-state index contributed by atoms with van der Waals surface area (Å²) in [5, 5.41) is 11.2. The molecule has 6 nitrogen and oxygen atoms in total. The fourth-order valence-corrected chi connectivity index (χ4v) is 1.94. The first kappa shape index (κ1) is 22.9. The van der Waals surface area contributed by atoms with Crippen LogP contribution in [0.2, 0.25) is 0 Å². The number of amides is 1. The third kappa shape index (κ3) is 7.10. The number of carbonyl (C=O) groups is 1. The number of pyridine rings is 2. The monoisotopic (exact) mass is 474 g/mol. The summed E-state index contributed by atoms with van der Waals surface area (Å²) in [7, 11) is 0. The summed E-state index contributed by atoms with van der Waals surface area (Å²) in [5.74, 6) is -0.920. The van der Waals surface area contributed by atoms with E-state index < -0.39 is 11.7 Å². The molecule has 0 bridgehead atoms. The Hall–Kier alpha value is -2.13. The van der Waals surface area contributed by atoms with Gasteiger partial charge in [-0.25, -0.2) is 4.57 Å². The van der Waals surface area contributed by atoms with Crippen LogP contribution in [0.3, 0.4) is 0 Å². The number of primary amides is 1. The van der Waals surface area contributed by atoms with Crippen molar-refractivity contribution >= 4 is 12.1 Å². The van der Waals surface area contributed by atoms with E-state index in [2.05, 4.69) is 5.16 Å². The number of nitrogens with zero attached hydrogens (tertiary/aromatic N) is 3. The van der Waals surface area contributed by atoms with Crippen LogP contribution < -0.4 is 48.8 Å². The maximum Gasteiger partial charge on any atom is 0.249 e. The van der Waals surface area contributed by atoms with Crippen LogP contribution in [0.4, 0.5) is 4.39 Å². The van der Waals surface area contributed by atoms with Gasteiger partial charge >= 0.3 is 0 Å². The van der Waals surface area contributed by atoms with Crippen LogP contribution in [-0.2, 0) is 13.1 Å². The first-order valence-electron chi connectivity index (χ1n) is 6.90. The fourth-order valence-electron chi connectivity index (χ4n) is 1.94. The van der Waals surface area contributed by atoms with Crippen molar-refractivity contribution in [1.82, 2.24) is 0 Å². The van der Waals surface area contributed by atoms with Gasteiger partial charge in [-0.05, 0) is 12.2 Å². The Bertz CT molecular complexity index is 752. The molecule has 2 aromatic heterocycles. The minimum atomic E-state index is -0.463. The van der Waals surface area contributed by atoms with E-state index in [1.165, 1.54) is 12.3 Å². The number of oxime groups is 1. The molecule has 1 amide bonds. The molecule has 0 unspecified atom stereocenters. The third-order valence-corrected chi connectivity index (χ3v) is 3.17. The Balaban J connectivity index is 0.00000288. The van der Waals surface area contributed by atoms with Gasteiger partial charge in [0.05, 0.1) is 11.8 Å². The predicted molar refractivity (Wildman–Crippen MR) is 80.3 cm³/mol. The lowest BCUT2D eigenvalue weighted by Crippen LogP contribution is -3.00. The van der Waals surface area contributed by atoms with E-state index in [0.29, 0.717) is 18.7 Å². The van der Waals surface area contributed by atoms with Crippen molar-refractivity contribution in [2.45, 2.75) is 13.1 Å². The lowest BCUT2D eigenvalue weighted by atomic mass is 10.2. The van der Waals surface area contributed by atoms with E-state index in [0.717, 1.165) is 6.21 Å². The normalized spacial score (nSPS) is 10.4. The van der Waals surface area contributed by atoms with Gasteiger partial charge in [-0.1, -0.05) is 5.16 Å². The Labute approximate surface area is 165 Å². The highest BCUT2D eigenvalue weighted by Crippen LogP contribution is 1.99. The molecule has 0 saturated heterocycles. The molecule has 2 heterocycles. The second-order valence-corrected chi connectivity index (χ2v) is 4.81. The molecule has 0 aliphatic rings. The second kappa shape index (κ2) is 11.4. The first-order valence-corrected chi connectivity index (χ1v) is 6.90. The van der Waals surface area contributed by atoms with Crippen molar-refractivity contribution in [3.8, 4) is 0 Å². The highest BCUT2D eigenvalue weighted by molar-refractivity contribution is 5.92. The molecule has 0 aromatic carbocycles. The van der Waals surface area contributed by atoms with Gasteiger partial charge in [-0.3, -0.25) is 4.79 Å². The van der Waals surface area contributed by atoms with E-state index in [-0.39, 0.29) is 39.5 Å². The quantitative estimate of drug-likeness (QED) is 0.144. The van der Waals surface area contributed by atoms with Crippen molar-refractivity contribution in [1.29, 1.82) is 0 Å². The van der Waals surface area contributed by atoms with Crippen LogP contribution in [0, 0.1) is 5.82 Å². The molecule has 0 spiro atoms. The fraction of sp³-hybridized carbons (Fsp3) is 0.125. The van der Waals surface area contributed by atoms with Gasteiger partial charge in [-0.15, -0.1) is 0 Å². The summed E-state index contributed by atoms with van der Waals surface area (Å²) >= 11 is 0. The van der Waals surface area contributed by atoms with Crippen LogP contribution in [-0.4, -0.2) is 17.3 Å². The number of hydrogen-bond donors (Lipinski definition) is 2. The second-order valence-electron chi connectivity index (χ2n) is 4.81. The molecule has 2 aromatic rings. The van der Waals surface area contributed by atoms with Crippen molar-refractivity contribution in [3.63, 3.8) is 0 Å². The summed E-state index contributed by atoms with van der Waals surface area (Å²) in [4.78, 5) is 11.0. The standard InChI is InChI=1S/C16H15FN4O2.2BrH/c17-15-12-21(10-5-14(15)11-19-23)7-2-1-6-20-8-3-13(4-9-20)16(18)22;;/h1-5,8-12H,6-7H2,(H-,18,22);2*1H/b2-1+;;. The maximum atomic E-state index is 13.6. The molecule has 0 aliphatic heterocycles. The highest BCUT2D eigenvalue weighted by atomic mass is 79.9. The molecule has 134 valence electrons. The minimum absolute atomic E-state index is 0. The average Bonchev–Trinajstić information content (AvgIpc) is 2.54. The maximum absolute atomic E-state index is 13.6. The van der Waals surface area contributed by atoms with E-state index >= 15 is 0 Å². The molecule has 2 rings (SSSR count). The molecule has 3 N–H and O–H groups in total. The number of hydrogen-bond acceptors (Lipinski definition) is 3. The lowest BCUT2D eigenvalue weighted by Gasteiger charge is -1.96. The van der Waals surface area contributed by atoms with Crippen molar-refractivity contribution in [2.24, 2.45) is 10.9 Å². The zero-order valence-electron chi connectivity index (χ0n) is 13.1. The lowest BCUT2D eigenvalue weighted by molar-refractivity contribution is -0.691. The molecule has 0 aliphatic carbocycles. The summed E-state index contributed by atoms with van der Waals surface area (Å²) in [6.07, 6.45) is 11.4. The van der Waals surface area contributed by atoms with Crippen LogP contribution in [0.1, 0.15) is 15.9 Å². The van der Waals surface area contributed by atoms with Gasteiger partial charge in [0.1, 0.15) is 0 Å². The number of halogens is 3. The zero-order valence-corrected chi connectivity index (χ0v) is 16.3. The number of rotatable bonds is 6. The predicted octanol–water partition coefficient (Wildman–Crippen LogP) is -5.43. The van der Waals surface area contributed by atoms with Gasteiger partial charge in [0.25, 0.3) is 0 Å². The Morgan fingerprint density at radius 2 is 1.68 bits per heavy atom. The molecule has 0 fully saturated rings. The summed E-state index contributed by atoms with van der Waals surface area (Å²) in [5.41, 5.74) is 5.86. The van der Waals surface area contributed by atoms with Crippen LogP contribution >= 0.6 is 0 Å². The Kier molecular flexibility index (Phi) is 10.5. The highest BCUT2D eigenvalue weighted by Gasteiger charge is 2.07. The molecular weight excluding hydrogens is 459 g/mol. The smallest absolute Gasteiger partial charge is 0.249 e. The molecule has 9 heteroatoms. The summed E-state index contributed by atoms with van der Waals surface area (Å²) in [6.45, 7) is 1.13. The average molecular weight is 476 g/mol. The van der Waals surface area contributed by atoms with E-state index in [9.17, 15) is 9.18 Å². The Morgan fingerprint density at radius 1 is 1.12 bits per heavy atom. The van der Waals surface area contributed by atoms with Gasteiger partial charge < -0.3 is 44.9 Å². The number of aromatic nitrogens is 2.